The predicted molar refractivity (Wildman–Crippen MR) is 148 cm³/mol. The lowest BCUT2D eigenvalue weighted by Gasteiger charge is -2.24. The first kappa shape index (κ1) is 33.1. The number of sulfonamides is 1. The van der Waals surface area contributed by atoms with Gasteiger partial charge in [-0.3, -0.25) is 21.3 Å². The minimum atomic E-state index is -5.19. The van der Waals surface area contributed by atoms with Crippen LogP contribution in [0.4, 0.5) is 19.1 Å². The molecule has 0 aliphatic carbocycles. The molecule has 0 saturated carbocycles. The zero-order valence-electron chi connectivity index (χ0n) is 23.1. The van der Waals surface area contributed by atoms with Crippen molar-refractivity contribution in [2.24, 2.45) is 16.0 Å². The summed E-state index contributed by atoms with van der Waals surface area (Å²) in [4.78, 5) is 36.3. The number of carbonyl (C=O) groups excluding carboxylic acids is 2. The smallest absolute Gasteiger partial charge is 0.430 e. The lowest BCUT2D eigenvalue weighted by molar-refractivity contribution is -0.344. The molecule has 2 aromatic carbocycles. The molecule has 7 N–H and O–H groups in total. The van der Waals surface area contributed by atoms with E-state index in [-0.39, 0.29) is 29.6 Å². The third-order valence-corrected chi connectivity index (χ3v) is 7.12. The zero-order chi connectivity index (χ0) is 33.7. The summed E-state index contributed by atoms with van der Waals surface area (Å²) in [6.07, 6.45) is -1.05. The van der Waals surface area contributed by atoms with Gasteiger partial charge in [0, 0.05) is 35.5 Å². The Morgan fingerprint density at radius 3 is 2.37 bits per heavy atom. The number of primary sulfonamides is 1. The van der Waals surface area contributed by atoms with E-state index in [9.17, 15) is 26.4 Å². The Morgan fingerprint density at radius 2 is 1.78 bits per heavy atom. The number of aromatic nitrogens is 6. The third-order valence-electron chi connectivity index (χ3n) is 6.15. The van der Waals surface area contributed by atoms with Gasteiger partial charge in [0.1, 0.15) is 12.3 Å². The number of nitrogens with zero attached hydrogens (tertiary/aromatic N) is 7. The Bertz CT molecular complexity index is 1900. The van der Waals surface area contributed by atoms with Gasteiger partial charge in [0.05, 0.1) is 22.7 Å². The number of tetrazole rings is 1. The molecule has 3 heterocycles. The molecule has 1 aliphatic heterocycles. The lowest BCUT2D eigenvalue weighted by atomic mass is 9.92. The molecule has 0 radical (unpaired) electrons. The highest BCUT2D eigenvalue weighted by Gasteiger charge is 2.48. The monoisotopic (exact) mass is 661 g/mol. The van der Waals surface area contributed by atoms with E-state index in [4.69, 9.17) is 31.0 Å². The number of benzene rings is 2. The van der Waals surface area contributed by atoms with Gasteiger partial charge in [0.25, 0.3) is 11.7 Å². The number of carboxylic acid groups (broad SMARTS) is 1. The van der Waals surface area contributed by atoms with E-state index >= 15 is 0 Å². The van der Waals surface area contributed by atoms with Crippen molar-refractivity contribution < 1.29 is 46.5 Å². The number of alkyl halides is 3. The number of anilines is 1. The second-order valence-electron chi connectivity index (χ2n) is 9.42. The molecular weight excluding hydrogens is 639 g/mol. The van der Waals surface area contributed by atoms with Gasteiger partial charge in [-0.2, -0.15) is 13.2 Å². The summed E-state index contributed by atoms with van der Waals surface area (Å²) in [5, 5.41) is 37.7. The van der Waals surface area contributed by atoms with Gasteiger partial charge in [0.2, 0.25) is 21.6 Å². The fourth-order valence-electron chi connectivity index (χ4n) is 4.00. The van der Waals surface area contributed by atoms with Gasteiger partial charge >= 0.3 is 6.18 Å². The number of rotatable bonds is 8. The Hall–Kier alpha value is -5.83. The van der Waals surface area contributed by atoms with Crippen molar-refractivity contribution in [2.45, 2.75) is 29.6 Å². The number of oxime groups is 1. The fourth-order valence-corrected chi connectivity index (χ4v) is 4.76. The number of nitrogens with two attached hydrogens (primary N) is 3. The van der Waals surface area contributed by atoms with Gasteiger partial charge in [-0.05, 0) is 28.6 Å². The SMILES string of the molecule is NC(=[NH2+])c1cccc(C2=NOC(Cn3cnnn3)(C(=O)Nc3ncc(-c4ccccc4S(N)(=O)=O)cn3)C2)c1.O=C([O-])C(F)(F)F. The van der Waals surface area contributed by atoms with Gasteiger partial charge in [-0.25, -0.2) is 28.2 Å². The van der Waals surface area contributed by atoms with Gasteiger partial charge < -0.3 is 14.7 Å². The molecule has 0 saturated heterocycles. The average molecular weight is 662 g/mol. The highest BCUT2D eigenvalue weighted by molar-refractivity contribution is 7.89. The molecule has 46 heavy (non-hydrogen) atoms. The molecule has 1 aliphatic rings. The fraction of sp³-hybridized carbons (Fsp3) is 0.160. The number of carboxylic acids is 1. The number of carbonyl (C=O) groups is 2. The first-order valence-corrected chi connectivity index (χ1v) is 14.1. The number of nitrogens with one attached hydrogen (secondary N) is 1. The molecule has 1 unspecified atom stereocenters. The average Bonchev–Trinajstić information content (AvgIpc) is 3.68. The van der Waals surface area contributed by atoms with Crippen molar-refractivity contribution in [2.75, 3.05) is 5.32 Å². The van der Waals surface area contributed by atoms with Crippen LogP contribution in [0.2, 0.25) is 0 Å². The maximum Gasteiger partial charge on any atom is 0.430 e. The van der Waals surface area contributed by atoms with Crippen LogP contribution >= 0.6 is 0 Å². The molecular formula is C25H22F3N11O6S. The van der Waals surface area contributed by atoms with Crippen LogP contribution in [0.3, 0.4) is 0 Å². The van der Waals surface area contributed by atoms with E-state index in [2.05, 4.69) is 36.0 Å². The quantitative estimate of drug-likeness (QED) is 0.115. The van der Waals surface area contributed by atoms with Crippen LogP contribution in [0.5, 0.6) is 0 Å². The number of amides is 1. The highest BCUT2D eigenvalue weighted by atomic mass is 32.2. The number of amidine groups is 1. The molecule has 5 rings (SSSR count). The molecule has 4 aromatic rings. The molecule has 21 heteroatoms. The number of aliphatic carboxylic acids is 1. The van der Waals surface area contributed by atoms with Gasteiger partial charge in [-0.1, -0.05) is 35.5 Å². The second kappa shape index (κ2) is 13.0. The van der Waals surface area contributed by atoms with E-state index in [0.29, 0.717) is 28.0 Å². The van der Waals surface area contributed by atoms with E-state index in [1.807, 2.05) is 0 Å². The van der Waals surface area contributed by atoms with Gasteiger partial charge in [0.15, 0.2) is 0 Å². The van der Waals surface area contributed by atoms with Gasteiger partial charge in [-0.15, -0.1) is 5.10 Å². The lowest BCUT2D eigenvalue weighted by Crippen LogP contribution is -2.47. The Kier molecular flexibility index (Phi) is 9.37. The maximum absolute atomic E-state index is 13.5. The predicted octanol–water partition coefficient (Wildman–Crippen LogP) is -2.26. The summed E-state index contributed by atoms with van der Waals surface area (Å²) in [6, 6.07) is 13.2. The van der Waals surface area contributed by atoms with Crippen molar-refractivity contribution >= 4 is 39.4 Å². The van der Waals surface area contributed by atoms with Crippen LogP contribution in [0, 0.1) is 0 Å². The third kappa shape index (κ3) is 7.81. The van der Waals surface area contributed by atoms with E-state index < -0.39 is 33.7 Å². The molecule has 17 nitrogen and oxygen atoms in total. The largest absolute Gasteiger partial charge is 0.542 e. The molecule has 0 bridgehead atoms. The minimum absolute atomic E-state index is 0.0440. The Labute approximate surface area is 256 Å². The molecule has 240 valence electrons. The molecule has 1 atom stereocenters. The molecule has 0 fully saturated rings. The van der Waals surface area contributed by atoms with Crippen molar-refractivity contribution in [1.82, 2.24) is 30.2 Å². The Balaban J connectivity index is 0.000000617. The van der Waals surface area contributed by atoms with E-state index in [1.165, 1.54) is 29.5 Å². The summed E-state index contributed by atoms with van der Waals surface area (Å²) < 4.78 is 56.8. The van der Waals surface area contributed by atoms with Crippen molar-refractivity contribution in [1.29, 1.82) is 0 Å². The standard InChI is InChI=1S/C23H21N11O4S.C2HF3O2/c24-20(25)15-5-3-4-14(8-15)18-9-23(38-31-18,12-34-13-29-32-33-34)21(35)30-22-27-10-16(11-28-22)17-6-1-2-7-19(17)39(26,36)37;3-2(4,5)1(6)7/h1-8,10-11,13H,9,12H2,(H3,24,25)(H2,26,36,37)(H,27,28,30,35);(H,6,7). The molecule has 1 amide bonds. The summed E-state index contributed by atoms with van der Waals surface area (Å²) in [7, 11) is -3.98. The topological polar surface area (TPSA) is 272 Å². The van der Waals surface area contributed by atoms with Crippen LogP contribution < -0.4 is 26.7 Å². The minimum Gasteiger partial charge on any atom is -0.542 e. The summed E-state index contributed by atoms with van der Waals surface area (Å²) in [6.45, 7) is -0.0660. The Morgan fingerprint density at radius 1 is 1.11 bits per heavy atom. The zero-order valence-corrected chi connectivity index (χ0v) is 23.9. The molecule has 2 aromatic heterocycles. The van der Waals surface area contributed by atoms with E-state index in [0.717, 1.165) is 0 Å². The van der Waals surface area contributed by atoms with Crippen molar-refractivity contribution in [3.63, 3.8) is 0 Å². The summed E-state index contributed by atoms with van der Waals surface area (Å²) >= 11 is 0. The first-order valence-electron chi connectivity index (χ1n) is 12.6. The highest BCUT2D eigenvalue weighted by Crippen LogP contribution is 2.31. The summed E-state index contributed by atoms with van der Waals surface area (Å²) in [5.41, 5.74) is 6.65. The van der Waals surface area contributed by atoms with Crippen LogP contribution in [-0.2, 0) is 31.0 Å². The van der Waals surface area contributed by atoms with Crippen molar-refractivity contribution in [3.05, 3.63) is 78.4 Å². The number of halogens is 3. The van der Waals surface area contributed by atoms with Crippen LogP contribution in [0.1, 0.15) is 17.5 Å². The van der Waals surface area contributed by atoms with E-state index in [1.54, 1.807) is 42.5 Å². The maximum atomic E-state index is 13.5. The van der Waals surface area contributed by atoms with Crippen LogP contribution in [-0.4, -0.2) is 73.8 Å². The number of hydrogen-bond donors (Lipinski definition) is 4. The number of hydrogen-bond acceptors (Lipinski definition) is 12. The van der Waals surface area contributed by atoms with Crippen LogP contribution in [0.15, 0.2) is 77.3 Å². The second-order valence-corrected chi connectivity index (χ2v) is 10.9. The normalized spacial score (nSPS) is 16.0. The van der Waals surface area contributed by atoms with Crippen LogP contribution in [0.25, 0.3) is 11.1 Å². The first-order chi connectivity index (χ1) is 21.6. The summed E-state index contributed by atoms with van der Waals surface area (Å²) in [5.74, 6) is -3.51. The molecule has 0 spiro atoms. The van der Waals surface area contributed by atoms with Crippen molar-refractivity contribution in [3.8, 4) is 11.1 Å².